The zero-order chi connectivity index (χ0) is 12.3. The third-order valence-corrected chi connectivity index (χ3v) is 3.80. The number of halogens is 1. The zero-order valence-electron chi connectivity index (χ0n) is 10.5. The van der Waals surface area contributed by atoms with Gasteiger partial charge in [-0.1, -0.05) is 30.2 Å². The van der Waals surface area contributed by atoms with Crippen molar-refractivity contribution in [3.8, 4) is 0 Å². The van der Waals surface area contributed by atoms with Gasteiger partial charge >= 0.3 is 0 Å². The van der Waals surface area contributed by atoms with Crippen LogP contribution in [0.5, 0.6) is 0 Å². The minimum absolute atomic E-state index is 0.0523. The van der Waals surface area contributed by atoms with Gasteiger partial charge in [-0.15, -0.1) is 0 Å². The molecule has 1 fully saturated rings. The molecule has 1 atom stereocenters. The Labute approximate surface area is 109 Å². The molecular formula is C14H21ClN2. The highest BCUT2D eigenvalue weighted by Crippen LogP contribution is 2.23. The SMILES string of the molecule is CC(N)c1ccc(CN2CCCCC2)c(Cl)c1. The molecule has 0 aromatic heterocycles. The summed E-state index contributed by atoms with van der Waals surface area (Å²) in [7, 11) is 0. The van der Waals surface area contributed by atoms with Crippen LogP contribution >= 0.6 is 11.6 Å². The van der Waals surface area contributed by atoms with Gasteiger partial charge in [0.15, 0.2) is 0 Å². The summed E-state index contributed by atoms with van der Waals surface area (Å²) in [5.74, 6) is 0. The van der Waals surface area contributed by atoms with E-state index in [0.29, 0.717) is 0 Å². The first kappa shape index (κ1) is 12.9. The number of hydrogen-bond acceptors (Lipinski definition) is 2. The van der Waals surface area contributed by atoms with E-state index in [4.69, 9.17) is 17.3 Å². The summed E-state index contributed by atoms with van der Waals surface area (Å²) < 4.78 is 0. The highest BCUT2D eigenvalue weighted by molar-refractivity contribution is 6.31. The standard InChI is InChI=1S/C14H21ClN2/c1-11(16)12-5-6-13(14(15)9-12)10-17-7-3-2-4-8-17/h5-6,9,11H,2-4,7-8,10,16H2,1H3. The van der Waals surface area contributed by atoms with E-state index in [1.807, 2.05) is 13.0 Å². The van der Waals surface area contributed by atoms with E-state index in [2.05, 4.69) is 17.0 Å². The first-order valence-electron chi connectivity index (χ1n) is 6.43. The predicted octanol–water partition coefficient (Wildman–Crippen LogP) is 3.35. The Balaban J connectivity index is 2.05. The van der Waals surface area contributed by atoms with Crippen molar-refractivity contribution in [2.45, 2.75) is 38.8 Å². The largest absolute Gasteiger partial charge is 0.324 e. The molecule has 94 valence electrons. The Morgan fingerprint density at radius 3 is 2.59 bits per heavy atom. The molecule has 0 amide bonds. The lowest BCUT2D eigenvalue weighted by Crippen LogP contribution is -2.29. The number of nitrogens with zero attached hydrogens (tertiary/aromatic N) is 1. The van der Waals surface area contributed by atoms with Crippen LogP contribution in [0.3, 0.4) is 0 Å². The van der Waals surface area contributed by atoms with Crippen molar-refractivity contribution < 1.29 is 0 Å². The fraction of sp³-hybridized carbons (Fsp3) is 0.571. The summed E-state index contributed by atoms with van der Waals surface area (Å²) in [5, 5.41) is 0.852. The molecule has 0 spiro atoms. The van der Waals surface area contributed by atoms with Gasteiger partial charge in [0.2, 0.25) is 0 Å². The lowest BCUT2D eigenvalue weighted by Gasteiger charge is -2.26. The summed E-state index contributed by atoms with van der Waals surface area (Å²) >= 11 is 6.31. The second-order valence-corrected chi connectivity index (χ2v) is 5.38. The average molecular weight is 253 g/mol. The highest BCUT2D eigenvalue weighted by atomic mass is 35.5. The molecule has 0 bridgehead atoms. The maximum absolute atomic E-state index is 6.31. The number of rotatable bonds is 3. The van der Waals surface area contributed by atoms with E-state index in [1.165, 1.54) is 37.9 Å². The van der Waals surface area contributed by atoms with Crippen LogP contribution in [-0.2, 0) is 6.54 Å². The Morgan fingerprint density at radius 2 is 2.00 bits per heavy atom. The molecule has 1 aliphatic heterocycles. The monoisotopic (exact) mass is 252 g/mol. The Kier molecular flexibility index (Phi) is 4.43. The van der Waals surface area contributed by atoms with Crippen molar-refractivity contribution in [3.05, 3.63) is 34.3 Å². The van der Waals surface area contributed by atoms with E-state index in [-0.39, 0.29) is 6.04 Å². The molecule has 0 radical (unpaired) electrons. The smallest absolute Gasteiger partial charge is 0.0454 e. The number of hydrogen-bond donors (Lipinski definition) is 1. The van der Waals surface area contributed by atoms with E-state index < -0.39 is 0 Å². The molecule has 17 heavy (non-hydrogen) atoms. The van der Waals surface area contributed by atoms with Crippen molar-refractivity contribution in [3.63, 3.8) is 0 Å². The normalized spacial score (nSPS) is 19.2. The van der Waals surface area contributed by atoms with Gasteiger partial charge in [-0.2, -0.15) is 0 Å². The van der Waals surface area contributed by atoms with Gasteiger partial charge in [-0.3, -0.25) is 4.90 Å². The van der Waals surface area contributed by atoms with Crippen LogP contribution in [0.4, 0.5) is 0 Å². The van der Waals surface area contributed by atoms with Gasteiger partial charge in [-0.25, -0.2) is 0 Å². The molecule has 0 aliphatic carbocycles. The van der Waals surface area contributed by atoms with Crippen molar-refractivity contribution in [1.82, 2.24) is 4.90 Å². The van der Waals surface area contributed by atoms with Crippen LogP contribution in [-0.4, -0.2) is 18.0 Å². The second-order valence-electron chi connectivity index (χ2n) is 4.98. The van der Waals surface area contributed by atoms with Crippen molar-refractivity contribution in [1.29, 1.82) is 0 Å². The fourth-order valence-corrected chi connectivity index (χ4v) is 2.58. The molecule has 1 aliphatic rings. The zero-order valence-corrected chi connectivity index (χ0v) is 11.2. The molecule has 1 heterocycles. The molecule has 1 saturated heterocycles. The third kappa shape index (κ3) is 3.44. The van der Waals surface area contributed by atoms with Gasteiger partial charge in [0.25, 0.3) is 0 Å². The summed E-state index contributed by atoms with van der Waals surface area (Å²) in [6.07, 6.45) is 4.00. The van der Waals surface area contributed by atoms with Crippen LogP contribution < -0.4 is 5.73 Å². The van der Waals surface area contributed by atoms with Gasteiger partial charge in [-0.05, 0) is 50.0 Å². The lowest BCUT2D eigenvalue weighted by atomic mass is 10.1. The van der Waals surface area contributed by atoms with Crippen LogP contribution in [0.1, 0.15) is 43.4 Å². The molecule has 0 saturated carbocycles. The number of likely N-dealkylation sites (tertiary alicyclic amines) is 1. The maximum Gasteiger partial charge on any atom is 0.0454 e. The lowest BCUT2D eigenvalue weighted by molar-refractivity contribution is 0.221. The molecule has 2 nitrogen and oxygen atoms in total. The van der Waals surface area contributed by atoms with E-state index in [9.17, 15) is 0 Å². The number of piperidine rings is 1. The second kappa shape index (κ2) is 5.85. The van der Waals surface area contributed by atoms with E-state index in [1.54, 1.807) is 0 Å². The molecule has 1 unspecified atom stereocenters. The fourth-order valence-electron chi connectivity index (χ4n) is 2.33. The average Bonchev–Trinajstić information content (AvgIpc) is 2.33. The van der Waals surface area contributed by atoms with Crippen LogP contribution in [0.15, 0.2) is 18.2 Å². The van der Waals surface area contributed by atoms with Crippen LogP contribution in [0, 0.1) is 0 Å². The van der Waals surface area contributed by atoms with Crippen molar-refractivity contribution in [2.24, 2.45) is 5.73 Å². The minimum atomic E-state index is 0.0523. The molecular weight excluding hydrogens is 232 g/mol. The summed E-state index contributed by atoms with van der Waals surface area (Å²) in [6, 6.07) is 6.27. The summed E-state index contributed by atoms with van der Waals surface area (Å²) in [5.41, 5.74) is 8.18. The summed E-state index contributed by atoms with van der Waals surface area (Å²) in [4.78, 5) is 2.48. The first-order chi connectivity index (χ1) is 8.16. The van der Waals surface area contributed by atoms with Crippen molar-refractivity contribution >= 4 is 11.6 Å². The molecule has 1 aromatic carbocycles. The van der Waals surface area contributed by atoms with Gasteiger partial charge < -0.3 is 5.73 Å². The summed E-state index contributed by atoms with van der Waals surface area (Å²) in [6.45, 7) is 5.35. The molecule has 3 heteroatoms. The third-order valence-electron chi connectivity index (χ3n) is 3.45. The van der Waals surface area contributed by atoms with Gasteiger partial charge in [0.05, 0.1) is 0 Å². The van der Waals surface area contributed by atoms with E-state index in [0.717, 1.165) is 17.1 Å². The topological polar surface area (TPSA) is 29.3 Å². The molecule has 1 aromatic rings. The predicted molar refractivity (Wildman–Crippen MR) is 73.2 cm³/mol. The number of benzene rings is 1. The maximum atomic E-state index is 6.31. The Morgan fingerprint density at radius 1 is 1.29 bits per heavy atom. The van der Waals surface area contributed by atoms with Crippen LogP contribution in [0.2, 0.25) is 5.02 Å². The van der Waals surface area contributed by atoms with Crippen molar-refractivity contribution in [2.75, 3.05) is 13.1 Å². The molecule has 2 N–H and O–H groups in total. The van der Waals surface area contributed by atoms with Gasteiger partial charge in [0.1, 0.15) is 0 Å². The molecule has 2 rings (SSSR count). The number of nitrogens with two attached hydrogens (primary N) is 1. The van der Waals surface area contributed by atoms with E-state index >= 15 is 0 Å². The quantitative estimate of drug-likeness (QED) is 0.894. The highest BCUT2D eigenvalue weighted by Gasteiger charge is 2.12. The Hall–Kier alpha value is -0.570. The first-order valence-corrected chi connectivity index (χ1v) is 6.81. The van der Waals surface area contributed by atoms with Crippen LogP contribution in [0.25, 0.3) is 0 Å². The minimum Gasteiger partial charge on any atom is -0.324 e. The van der Waals surface area contributed by atoms with Gasteiger partial charge in [0, 0.05) is 17.6 Å². The Bertz CT molecular complexity index is 370.